The standard InChI is InChI=1S/C36H45NO11/c1-14-10-9-11-15(2)36(48)37-23-13-24(39)25-26(33(45)20(7)34(46)27(25)35(23)47)29(41)16(3)12-22(21(8)38)32(44)19(6)31(43)18(5)30(42)17(4)28(14)40/h9-14,17-19,22,28,30-32,40,42-46H,1-8H3,(H,37,48)/b10-9+,15-11-,16-12+/t14-,17+,18+,19-,22+,28-,30+,31-,32+/m0/s1. The monoisotopic (exact) mass is 667 g/mol. The van der Waals surface area contributed by atoms with E-state index in [0.717, 1.165) is 12.2 Å². The molecule has 1 amide bonds. The zero-order chi connectivity index (χ0) is 36.5. The number of fused-ring (bicyclic) bond motifs is 15. The van der Waals surface area contributed by atoms with Crippen molar-refractivity contribution >= 4 is 29.0 Å². The van der Waals surface area contributed by atoms with Crippen molar-refractivity contribution in [1.82, 2.24) is 5.32 Å². The molecule has 260 valence electrons. The Kier molecular flexibility index (Phi) is 11.9. The molecule has 3 aliphatic rings. The van der Waals surface area contributed by atoms with Crippen molar-refractivity contribution < 1.29 is 54.6 Å². The van der Waals surface area contributed by atoms with Gasteiger partial charge in [-0.15, -0.1) is 0 Å². The SMILES string of the molecule is CC(=O)[C@H]1/C=C(\C)C(=O)c2c(O)c(C)c(O)c3c2C(=O)C=C(NC(=O)/C(C)=C\C=C\[C@H](C)[C@H](O)[C@@H](C)[C@@H](O)[C@@H](C)[C@H](O)[C@H](C)[C@H]1O)C3=O. The number of nitrogens with one attached hydrogen (secondary N) is 1. The first kappa shape index (κ1) is 38.2. The lowest BCUT2D eigenvalue weighted by atomic mass is 9.76. The molecule has 1 aromatic rings. The quantitative estimate of drug-likeness (QED) is 0.231. The number of aliphatic hydroxyl groups excluding tert-OH is 4. The molecule has 0 radical (unpaired) electrons. The van der Waals surface area contributed by atoms with Crippen LogP contribution in [0, 0.1) is 36.5 Å². The largest absolute Gasteiger partial charge is 0.507 e. The molecule has 0 spiro atoms. The minimum Gasteiger partial charge on any atom is -0.507 e. The number of phenolic OH excluding ortho intramolecular Hbond substituents is 2. The van der Waals surface area contributed by atoms with E-state index in [1.807, 2.05) is 0 Å². The summed E-state index contributed by atoms with van der Waals surface area (Å²) in [5.41, 5.74) is -2.68. The summed E-state index contributed by atoms with van der Waals surface area (Å²) in [5.74, 6) is -10.4. The summed E-state index contributed by atoms with van der Waals surface area (Å²) in [6.07, 6.45) is 1.15. The maximum atomic E-state index is 13.9. The van der Waals surface area contributed by atoms with Crippen LogP contribution in [0.15, 0.2) is 47.2 Å². The van der Waals surface area contributed by atoms with Crippen molar-refractivity contribution in [3.63, 3.8) is 0 Å². The van der Waals surface area contributed by atoms with E-state index in [4.69, 9.17) is 0 Å². The molecule has 12 nitrogen and oxygen atoms in total. The molecule has 0 saturated heterocycles. The first-order valence-corrected chi connectivity index (χ1v) is 15.8. The second-order valence-electron chi connectivity index (χ2n) is 13.1. The third-order valence-corrected chi connectivity index (χ3v) is 9.67. The average molecular weight is 668 g/mol. The van der Waals surface area contributed by atoms with Gasteiger partial charge in [0.2, 0.25) is 5.78 Å². The van der Waals surface area contributed by atoms with Gasteiger partial charge in [-0.2, -0.15) is 0 Å². The maximum Gasteiger partial charge on any atom is 0.251 e. The number of amides is 1. The summed E-state index contributed by atoms with van der Waals surface area (Å²) in [7, 11) is 0. The van der Waals surface area contributed by atoms with Gasteiger partial charge >= 0.3 is 0 Å². The molecular weight excluding hydrogens is 622 g/mol. The number of rotatable bonds is 1. The van der Waals surface area contributed by atoms with Crippen LogP contribution >= 0.6 is 0 Å². The van der Waals surface area contributed by atoms with E-state index in [1.165, 1.54) is 46.8 Å². The molecule has 7 N–H and O–H groups in total. The summed E-state index contributed by atoms with van der Waals surface area (Å²) in [6, 6.07) is 0. The van der Waals surface area contributed by atoms with Crippen LogP contribution in [0.3, 0.4) is 0 Å². The van der Waals surface area contributed by atoms with Crippen LogP contribution in [0.2, 0.25) is 0 Å². The molecule has 2 heterocycles. The van der Waals surface area contributed by atoms with Gasteiger partial charge in [0.25, 0.3) is 5.91 Å². The molecule has 0 fully saturated rings. The number of allylic oxidation sites excluding steroid dienone is 5. The van der Waals surface area contributed by atoms with E-state index < -0.39 is 117 Å². The molecule has 4 bridgehead atoms. The Labute approximate surface area is 279 Å². The van der Waals surface area contributed by atoms with Gasteiger partial charge in [0, 0.05) is 40.9 Å². The smallest absolute Gasteiger partial charge is 0.251 e. The van der Waals surface area contributed by atoms with Crippen LogP contribution in [0.1, 0.15) is 85.1 Å². The Morgan fingerprint density at radius 3 is 1.75 bits per heavy atom. The lowest BCUT2D eigenvalue weighted by Gasteiger charge is -2.37. The van der Waals surface area contributed by atoms with Gasteiger partial charge in [-0.3, -0.25) is 24.0 Å². The van der Waals surface area contributed by atoms with E-state index in [9.17, 15) is 54.6 Å². The zero-order valence-corrected chi connectivity index (χ0v) is 28.3. The van der Waals surface area contributed by atoms with Crippen molar-refractivity contribution in [1.29, 1.82) is 0 Å². The average Bonchev–Trinajstić information content (AvgIpc) is 3.04. The number of benzene rings is 1. The molecule has 2 aliphatic heterocycles. The van der Waals surface area contributed by atoms with E-state index in [2.05, 4.69) is 5.32 Å². The number of aliphatic hydroxyl groups is 4. The van der Waals surface area contributed by atoms with Crippen LogP contribution in [-0.2, 0) is 9.59 Å². The number of phenols is 2. The molecular formula is C36H45NO11. The Bertz CT molecular complexity index is 1650. The van der Waals surface area contributed by atoms with Gasteiger partial charge in [-0.05, 0) is 33.3 Å². The highest BCUT2D eigenvalue weighted by molar-refractivity contribution is 6.31. The third-order valence-electron chi connectivity index (χ3n) is 9.67. The van der Waals surface area contributed by atoms with Gasteiger partial charge < -0.3 is 36.0 Å². The number of carbonyl (C=O) groups is 5. The summed E-state index contributed by atoms with van der Waals surface area (Å²) in [4.78, 5) is 66.6. The van der Waals surface area contributed by atoms with Crippen LogP contribution in [0.25, 0.3) is 0 Å². The predicted octanol–water partition coefficient (Wildman–Crippen LogP) is 2.62. The van der Waals surface area contributed by atoms with Gasteiger partial charge in [-0.1, -0.05) is 52.0 Å². The Morgan fingerprint density at radius 1 is 0.708 bits per heavy atom. The van der Waals surface area contributed by atoms with Crippen LogP contribution < -0.4 is 5.32 Å². The molecule has 4 rings (SSSR count). The highest BCUT2D eigenvalue weighted by atomic mass is 16.3. The molecule has 48 heavy (non-hydrogen) atoms. The maximum absolute atomic E-state index is 13.9. The van der Waals surface area contributed by atoms with Crippen molar-refractivity contribution in [2.24, 2.45) is 29.6 Å². The van der Waals surface area contributed by atoms with Crippen molar-refractivity contribution in [3.05, 3.63) is 69.5 Å². The second kappa shape index (κ2) is 14.9. The fraction of sp³-hybridized carbons (Fsp3) is 0.472. The molecule has 0 aromatic heterocycles. The third kappa shape index (κ3) is 7.26. The molecule has 12 heteroatoms. The first-order chi connectivity index (χ1) is 22.2. The number of Topliss-reactive ketones (excluding diaryl/α,β-unsaturated/α-hetero) is 3. The highest BCUT2D eigenvalue weighted by Gasteiger charge is 2.40. The summed E-state index contributed by atoms with van der Waals surface area (Å²) in [6.45, 7) is 11.4. The fourth-order valence-electron chi connectivity index (χ4n) is 6.19. The van der Waals surface area contributed by atoms with Crippen molar-refractivity contribution in [2.45, 2.75) is 79.8 Å². The summed E-state index contributed by atoms with van der Waals surface area (Å²) < 4.78 is 0. The minimum absolute atomic E-state index is 0.110. The topological polar surface area (TPSA) is 219 Å². The highest BCUT2D eigenvalue weighted by Crippen LogP contribution is 2.41. The lowest BCUT2D eigenvalue weighted by Crippen LogP contribution is -2.46. The van der Waals surface area contributed by atoms with Crippen molar-refractivity contribution in [2.75, 3.05) is 0 Å². The van der Waals surface area contributed by atoms with E-state index in [-0.39, 0.29) is 16.7 Å². The Balaban J connectivity index is 2.26. The number of hydrogen-bond acceptors (Lipinski definition) is 11. The molecule has 0 saturated carbocycles. The first-order valence-electron chi connectivity index (χ1n) is 15.8. The number of ketones is 4. The predicted molar refractivity (Wildman–Crippen MR) is 175 cm³/mol. The molecule has 1 aromatic carbocycles. The minimum atomic E-state index is -1.56. The second-order valence-corrected chi connectivity index (χ2v) is 13.1. The van der Waals surface area contributed by atoms with Crippen LogP contribution in [0.5, 0.6) is 11.5 Å². The lowest BCUT2D eigenvalue weighted by molar-refractivity contribution is -0.126. The van der Waals surface area contributed by atoms with Crippen LogP contribution in [-0.4, -0.2) is 84.1 Å². The van der Waals surface area contributed by atoms with Gasteiger partial charge in [0.15, 0.2) is 11.6 Å². The summed E-state index contributed by atoms with van der Waals surface area (Å²) in [5, 5.41) is 68.7. The van der Waals surface area contributed by atoms with Gasteiger partial charge in [0.05, 0.1) is 52.7 Å². The Morgan fingerprint density at radius 2 is 1.21 bits per heavy atom. The number of hydrogen-bond donors (Lipinski definition) is 7. The van der Waals surface area contributed by atoms with Gasteiger partial charge in [-0.25, -0.2) is 0 Å². The fourth-order valence-corrected chi connectivity index (χ4v) is 6.19. The normalized spacial score (nSPS) is 34.0. The van der Waals surface area contributed by atoms with Crippen molar-refractivity contribution in [3.8, 4) is 11.5 Å². The number of aromatic hydroxyl groups is 2. The molecule has 9 atom stereocenters. The molecule has 0 unspecified atom stereocenters. The van der Waals surface area contributed by atoms with Gasteiger partial charge in [0.1, 0.15) is 17.3 Å². The van der Waals surface area contributed by atoms with E-state index in [1.54, 1.807) is 26.8 Å². The number of carbonyl (C=O) groups excluding carboxylic acids is 5. The zero-order valence-electron chi connectivity index (χ0n) is 28.3. The summed E-state index contributed by atoms with van der Waals surface area (Å²) >= 11 is 0. The molecule has 1 aliphatic carbocycles. The Hall–Kier alpha value is -4.23. The van der Waals surface area contributed by atoms with E-state index in [0.29, 0.717) is 0 Å². The van der Waals surface area contributed by atoms with Crippen LogP contribution in [0.4, 0.5) is 0 Å². The van der Waals surface area contributed by atoms with E-state index >= 15 is 0 Å².